The molecule has 0 spiro atoms. The molecule has 0 unspecified atom stereocenters. The van der Waals surface area contributed by atoms with Gasteiger partial charge in [-0.05, 0) is 24.3 Å². The molecule has 2 aromatic carbocycles. The van der Waals surface area contributed by atoms with Gasteiger partial charge in [-0.15, -0.1) is 0 Å². The van der Waals surface area contributed by atoms with E-state index >= 15 is 0 Å². The van der Waals surface area contributed by atoms with Crippen molar-refractivity contribution in [3.05, 3.63) is 52.1 Å². The van der Waals surface area contributed by atoms with Crippen molar-refractivity contribution in [3.8, 4) is 11.4 Å². The van der Waals surface area contributed by atoms with E-state index in [9.17, 15) is 18.9 Å². The Hall–Kier alpha value is -3.03. The van der Waals surface area contributed by atoms with Gasteiger partial charge in [0.25, 0.3) is 5.69 Å². The van der Waals surface area contributed by atoms with Gasteiger partial charge in [0.05, 0.1) is 10.4 Å². The van der Waals surface area contributed by atoms with E-state index < -0.39 is 16.6 Å². The highest BCUT2D eigenvalue weighted by Gasteiger charge is 2.16. The first-order valence-corrected chi connectivity index (χ1v) is 5.85. The van der Waals surface area contributed by atoms with E-state index in [0.29, 0.717) is 11.1 Å². The fourth-order valence-electron chi connectivity index (χ4n) is 2.00. The number of aromatic nitrogens is 2. The Kier molecular flexibility index (Phi) is 2.79. The van der Waals surface area contributed by atoms with Crippen molar-refractivity contribution in [2.24, 2.45) is 0 Å². The zero-order valence-corrected chi connectivity index (χ0v) is 10.4. The number of nitro benzene ring substituents is 1. The summed E-state index contributed by atoms with van der Waals surface area (Å²) >= 11 is 0. The first-order valence-electron chi connectivity index (χ1n) is 5.85. The van der Waals surface area contributed by atoms with Gasteiger partial charge in [0.1, 0.15) is 17.0 Å². The van der Waals surface area contributed by atoms with E-state index in [1.54, 1.807) is 0 Å². The Morgan fingerprint density at radius 1 is 1.24 bits per heavy atom. The summed E-state index contributed by atoms with van der Waals surface area (Å²) in [5.74, 6) is -1.89. The standard InChI is InChI=1S/C13H8F2N4O2/c14-7-2-4-9-12(11(7)15)18-13(17-9)6-1-3-8(16)10(5-6)19(20)21/h1-5H,16H2,(H,17,18). The normalized spacial score (nSPS) is 11.0. The predicted octanol–water partition coefficient (Wildman–Crippen LogP) is 3.00. The molecule has 3 aromatic rings. The molecule has 0 bridgehead atoms. The molecule has 1 heterocycles. The van der Waals surface area contributed by atoms with Gasteiger partial charge < -0.3 is 10.7 Å². The van der Waals surface area contributed by atoms with Crippen LogP contribution in [0.15, 0.2) is 30.3 Å². The molecule has 8 heteroatoms. The second-order valence-corrected chi connectivity index (χ2v) is 4.37. The summed E-state index contributed by atoms with van der Waals surface area (Å²) in [6, 6.07) is 6.41. The van der Waals surface area contributed by atoms with Crippen molar-refractivity contribution < 1.29 is 13.7 Å². The lowest BCUT2D eigenvalue weighted by Gasteiger charge is -1.99. The molecule has 106 valence electrons. The maximum atomic E-state index is 13.6. The number of nitrogens with two attached hydrogens (primary N) is 1. The molecule has 3 rings (SSSR count). The van der Waals surface area contributed by atoms with E-state index in [2.05, 4.69) is 9.97 Å². The first-order chi connectivity index (χ1) is 9.97. The van der Waals surface area contributed by atoms with Crippen molar-refractivity contribution >= 4 is 22.4 Å². The van der Waals surface area contributed by atoms with Gasteiger partial charge in [-0.25, -0.2) is 13.8 Å². The zero-order chi connectivity index (χ0) is 15.1. The smallest absolute Gasteiger partial charge is 0.292 e. The lowest BCUT2D eigenvalue weighted by Crippen LogP contribution is -1.96. The van der Waals surface area contributed by atoms with E-state index in [1.165, 1.54) is 24.3 Å². The Morgan fingerprint density at radius 3 is 2.71 bits per heavy atom. The largest absolute Gasteiger partial charge is 0.393 e. The number of aromatic amines is 1. The number of halogens is 2. The molecular weight excluding hydrogens is 282 g/mol. The Morgan fingerprint density at radius 2 is 2.00 bits per heavy atom. The summed E-state index contributed by atoms with van der Waals surface area (Å²) in [7, 11) is 0. The van der Waals surface area contributed by atoms with Gasteiger partial charge in [0, 0.05) is 11.6 Å². The molecule has 0 aliphatic rings. The number of anilines is 1. The number of imidazole rings is 1. The number of benzene rings is 2. The molecule has 3 N–H and O–H groups in total. The number of rotatable bonds is 2. The summed E-state index contributed by atoms with van der Waals surface area (Å²) in [6.07, 6.45) is 0. The topological polar surface area (TPSA) is 97.8 Å². The van der Waals surface area contributed by atoms with Gasteiger partial charge in [0.15, 0.2) is 11.6 Å². The SMILES string of the molecule is Nc1ccc(-c2nc3c(F)c(F)ccc3[nH]2)cc1[N+](=O)[O-]. The quantitative estimate of drug-likeness (QED) is 0.430. The third-order valence-corrected chi connectivity index (χ3v) is 3.05. The predicted molar refractivity (Wildman–Crippen MR) is 72.5 cm³/mol. The average molecular weight is 290 g/mol. The Bertz CT molecular complexity index is 876. The third kappa shape index (κ3) is 2.06. The second kappa shape index (κ2) is 4.51. The molecule has 0 radical (unpaired) electrons. The monoisotopic (exact) mass is 290 g/mol. The number of hydrogen-bond donors (Lipinski definition) is 2. The molecule has 0 saturated heterocycles. The number of fused-ring (bicyclic) bond motifs is 1. The number of nitrogens with zero attached hydrogens (tertiary/aromatic N) is 2. The van der Waals surface area contributed by atoms with Crippen LogP contribution in [-0.2, 0) is 0 Å². The maximum absolute atomic E-state index is 13.6. The van der Waals surface area contributed by atoms with Crippen LogP contribution in [0.3, 0.4) is 0 Å². The van der Waals surface area contributed by atoms with E-state index in [4.69, 9.17) is 5.73 Å². The highest BCUT2D eigenvalue weighted by atomic mass is 19.2. The van der Waals surface area contributed by atoms with Crippen molar-refractivity contribution in [2.75, 3.05) is 5.73 Å². The highest BCUT2D eigenvalue weighted by molar-refractivity contribution is 5.81. The fraction of sp³-hybridized carbons (Fsp3) is 0. The van der Waals surface area contributed by atoms with Gasteiger partial charge in [-0.2, -0.15) is 0 Å². The Labute approximate surface area is 116 Å². The number of hydrogen-bond acceptors (Lipinski definition) is 4. The fourth-order valence-corrected chi connectivity index (χ4v) is 2.00. The van der Waals surface area contributed by atoms with Crippen molar-refractivity contribution in [2.45, 2.75) is 0 Å². The summed E-state index contributed by atoms with van der Waals surface area (Å²) in [5, 5.41) is 10.9. The minimum atomic E-state index is -1.07. The minimum Gasteiger partial charge on any atom is -0.393 e. The average Bonchev–Trinajstić information content (AvgIpc) is 2.88. The molecular formula is C13H8F2N4O2. The van der Waals surface area contributed by atoms with E-state index in [1.807, 2.05) is 0 Å². The number of nitro groups is 1. The minimum absolute atomic E-state index is 0.0112. The molecule has 21 heavy (non-hydrogen) atoms. The number of H-pyrrole nitrogens is 1. The second-order valence-electron chi connectivity index (χ2n) is 4.37. The molecule has 0 aliphatic carbocycles. The highest BCUT2D eigenvalue weighted by Crippen LogP contribution is 2.29. The number of nitrogen functional groups attached to an aromatic ring is 1. The maximum Gasteiger partial charge on any atom is 0.292 e. The van der Waals surface area contributed by atoms with E-state index in [-0.39, 0.29) is 22.7 Å². The van der Waals surface area contributed by atoms with Gasteiger partial charge in [-0.1, -0.05) is 0 Å². The van der Waals surface area contributed by atoms with Crippen LogP contribution in [0.25, 0.3) is 22.4 Å². The number of nitrogens with one attached hydrogen (secondary N) is 1. The van der Waals surface area contributed by atoms with Crippen LogP contribution in [0, 0.1) is 21.7 Å². The van der Waals surface area contributed by atoms with Crippen LogP contribution < -0.4 is 5.73 Å². The van der Waals surface area contributed by atoms with Crippen LogP contribution in [0.1, 0.15) is 0 Å². The zero-order valence-electron chi connectivity index (χ0n) is 10.4. The summed E-state index contributed by atoms with van der Waals surface area (Å²) in [4.78, 5) is 17.0. The molecule has 0 fully saturated rings. The lowest BCUT2D eigenvalue weighted by atomic mass is 10.1. The molecule has 0 atom stereocenters. The summed E-state index contributed by atoms with van der Waals surface area (Å²) < 4.78 is 26.8. The molecule has 6 nitrogen and oxygen atoms in total. The summed E-state index contributed by atoms with van der Waals surface area (Å²) in [5.41, 5.74) is 5.72. The molecule has 0 saturated carbocycles. The van der Waals surface area contributed by atoms with Gasteiger partial charge in [0.2, 0.25) is 0 Å². The van der Waals surface area contributed by atoms with Crippen molar-refractivity contribution in [1.82, 2.24) is 9.97 Å². The Balaban J connectivity index is 2.19. The summed E-state index contributed by atoms with van der Waals surface area (Å²) in [6.45, 7) is 0. The molecule has 0 aliphatic heterocycles. The van der Waals surface area contributed by atoms with Crippen LogP contribution in [-0.4, -0.2) is 14.9 Å². The van der Waals surface area contributed by atoms with Crippen molar-refractivity contribution in [3.63, 3.8) is 0 Å². The molecule has 1 aromatic heterocycles. The van der Waals surface area contributed by atoms with Gasteiger partial charge >= 0.3 is 0 Å². The lowest BCUT2D eigenvalue weighted by molar-refractivity contribution is -0.383. The van der Waals surface area contributed by atoms with Crippen LogP contribution in [0.4, 0.5) is 20.2 Å². The van der Waals surface area contributed by atoms with Crippen molar-refractivity contribution in [1.29, 1.82) is 0 Å². The van der Waals surface area contributed by atoms with Gasteiger partial charge in [-0.3, -0.25) is 10.1 Å². The van der Waals surface area contributed by atoms with Crippen LogP contribution in [0.2, 0.25) is 0 Å². The third-order valence-electron chi connectivity index (χ3n) is 3.05. The van der Waals surface area contributed by atoms with Crippen LogP contribution in [0.5, 0.6) is 0 Å². The first kappa shape index (κ1) is 13.0. The van der Waals surface area contributed by atoms with E-state index in [0.717, 1.165) is 6.07 Å². The van der Waals surface area contributed by atoms with Crippen LogP contribution >= 0.6 is 0 Å². The molecule has 0 amide bonds.